The molecule has 2 aromatic rings. The van der Waals surface area contributed by atoms with E-state index >= 15 is 0 Å². The first kappa shape index (κ1) is 16.5. The van der Waals surface area contributed by atoms with Crippen molar-refractivity contribution in [3.8, 4) is 0 Å². The molecule has 5 nitrogen and oxygen atoms in total. The molecule has 1 aromatic heterocycles. The van der Waals surface area contributed by atoms with Crippen LogP contribution in [0.15, 0.2) is 47.1 Å². The average molecular weight is 343 g/mol. The molecule has 0 unspecified atom stereocenters. The first-order chi connectivity index (χ1) is 11.7. The Hall–Kier alpha value is -2.34. The van der Waals surface area contributed by atoms with E-state index in [1.165, 1.54) is 11.8 Å². The van der Waals surface area contributed by atoms with Crippen molar-refractivity contribution in [1.82, 2.24) is 9.80 Å². The van der Waals surface area contributed by atoms with Gasteiger partial charge in [-0.1, -0.05) is 19.1 Å². The van der Waals surface area contributed by atoms with Crippen molar-refractivity contribution in [2.45, 2.75) is 13.3 Å². The van der Waals surface area contributed by atoms with Gasteiger partial charge in [0.2, 0.25) is 0 Å². The number of thiocarbonyl (C=S) groups is 1. The zero-order valence-electron chi connectivity index (χ0n) is 13.7. The minimum Gasteiger partial charge on any atom is -0.459 e. The van der Waals surface area contributed by atoms with E-state index in [0.717, 1.165) is 12.1 Å². The lowest BCUT2D eigenvalue weighted by Gasteiger charge is -2.35. The third kappa shape index (κ3) is 3.76. The smallest absolute Gasteiger partial charge is 0.289 e. The van der Waals surface area contributed by atoms with Crippen LogP contribution in [0.3, 0.4) is 0 Å². The molecule has 0 radical (unpaired) electrons. The van der Waals surface area contributed by atoms with Crippen LogP contribution in [-0.4, -0.2) is 47.0 Å². The fourth-order valence-corrected chi connectivity index (χ4v) is 3.00. The molecule has 1 aromatic carbocycles. The lowest BCUT2D eigenvalue weighted by Crippen LogP contribution is -2.51. The number of furan rings is 1. The summed E-state index contributed by atoms with van der Waals surface area (Å²) in [4.78, 5) is 16.1. The molecular weight excluding hydrogens is 322 g/mol. The predicted octanol–water partition coefficient (Wildman–Crippen LogP) is 3.00. The second-order valence-corrected chi connectivity index (χ2v) is 6.12. The maximum absolute atomic E-state index is 12.3. The number of carbonyl (C=O) groups excluding carboxylic acids is 1. The van der Waals surface area contributed by atoms with Crippen LogP contribution in [0, 0.1) is 0 Å². The summed E-state index contributed by atoms with van der Waals surface area (Å²) in [5.41, 5.74) is 2.29. The molecule has 2 heterocycles. The maximum atomic E-state index is 12.3. The van der Waals surface area contributed by atoms with Crippen molar-refractivity contribution < 1.29 is 9.21 Å². The standard InChI is InChI=1S/C18H21N3O2S/c1-2-14-5-7-15(8-6-14)19-18(24)21-11-9-20(10-12-21)17(22)16-4-3-13-23-16/h3-8,13H,2,9-12H2,1H3,(H,19,24). The Labute approximate surface area is 147 Å². The number of benzene rings is 1. The van der Waals surface area contributed by atoms with E-state index < -0.39 is 0 Å². The van der Waals surface area contributed by atoms with Gasteiger partial charge in [-0.3, -0.25) is 4.79 Å². The highest BCUT2D eigenvalue weighted by molar-refractivity contribution is 7.80. The number of piperazine rings is 1. The number of nitrogens with zero attached hydrogens (tertiary/aromatic N) is 2. The second-order valence-electron chi connectivity index (χ2n) is 5.74. The quantitative estimate of drug-likeness (QED) is 0.868. The first-order valence-electron chi connectivity index (χ1n) is 8.15. The molecule has 1 N–H and O–H groups in total. The van der Waals surface area contributed by atoms with E-state index in [1.54, 1.807) is 17.0 Å². The summed E-state index contributed by atoms with van der Waals surface area (Å²) in [7, 11) is 0. The fourth-order valence-electron chi connectivity index (χ4n) is 2.70. The van der Waals surface area contributed by atoms with Crippen molar-refractivity contribution in [3.63, 3.8) is 0 Å². The summed E-state index contributed by atoms with van der Waals surface area (Å²) in [5, 5.41) is 3.97. The maximum Gasteiger partial charge on any atom is 0.289 e. The number of carbonyl (C=O) groups is 1. The molecule has 1 fully saturated rings. The number of aryl methyl sites for hydroxylation is 1. The van der Waals surface area contributed by atoms with Crippen molar-refractivity contribution in [2.24, 2.45) is 0 Å². The van der Waals surface area contributed by atoms with Gasteiger partial charge in [0.15, 0.2) is 10.9 Å². The van der Waals surface area contributed by atoms with Crippen LogP contribution in [-0.2, 0) is 6.42 Å². The van der Waals surface area contributed by atoms with Crippen molar-refractivity contribution in [3.05, 3.63) is 54.0 Å². The number of rotatable bonds is 3. The van der Waals surface area contributed by atoms with Crippen molar-refractivity contribution in [1.29, 1.82) is 0 Å². The van der Waals surface area contributed by atoms with E-state index in [4.69, 9.17) is 16.6 Å². The molecule has 1 saturated heterocycles. The second kappa shape index (κ2) is 7.49. The molecule has 1 amide bonds. The van der Waals surface area contributed by atoms with Gasteiger partial charge in [-0.05, 0) is 48.5 Å². The van der Waals surface area contributed by atoms with Gasteiger partial charge in [0.05, 0.1) is 6.26 Å². The van der Waals surface area contributed by atoms with Crippen molar-refractivity contribution >= 4 is 28.9 Å². The van der Waals surface area contributed by atoms with Gasteiger partial charge in [-0.25, -0.2) is 0 Å². The average Bonchev–Trinajstić information content (AvgIpc) is 3.16. The molecule has 0 saturated carbocycles. The monoisotopic (exact) mass is 343 g/mol. The van der Waals surface area contributed by atoms with Gasteiger partial charge >= 0.3 is 0 Å². The van der Waals surface area contributed by atoms with E-state index in [0.29, 0.717) is 37.1 Å². The molecule has 1 aliphatic heterocycles. The lowest BCUT2D eigenvalue weighted by molar-refractivity contribution is 0.0661. The summed E-state index contributed by atoms with van der Waals surface area (Å²) in [6.45, 7) is 4.83. The summed E-state index contributed by atoms with van der Waals surface area (Å²) in [6.07, 6.45) is 2.54. The number of nitrogens with one attached hydrogen (secondary N) is 1. The van der Waals surface area contributed by atoms with Crippen LogP contribution in [0.4, 0.5) is 5.69 Å². The Bertz CT molecular complexity index is 690. The Morgan fingerprint density at radius 1 is 1.12 bits per heavy atom. The fraction of sp³-hybridized carbons (Fsp3) is 0.333. The first-order valence-corrected chi connectivity index (χ1v) is 8.56. The highest BCUT2D eigenvalue weighted by Crippen LogP contribution is 2.13. The van der Waals surface area contributed by atoms with Crippen LogP contribution in [0.2, 0.25) is 0 Å². The minimum absolute atomic E-state index is 0.0614. The van der Waals surface area contributed by atoms with Gasteiger partial charge in [-0.2, -0.15) is 0 Å². The summed E-state index contributed by atoms with van der Waals surface area (Å²) in [5.74, 6) is 0.328. The molecule has 0 bridgehead atoms. The van der Waals surface area contributed by atoms with Crippen molar-refractivity contribution in [2.75, 3.05) is 31.5 Å². The van der Waals surface area contributed by atoms with E-state index in [9.17, 15) is 4.79 Å². The van der Waals surface area contributed by atoms with Crippen LogP contribution in [0.5, 0.6) is 0 Å². The SMILES string of the molecule is CCc1ccc(NC(=S)N2CCN(C(=O)c3ccco3)CC2)cc1. The third-order valence-electron chi connectivity index (χ3n) is 4.20. The Morgan fingerprint density at radius 3 is 2.38 bits per heavy atom. The Morgan fingerprint density at radius 2 is 1.79 bits per heavy atom. The number of amides is 1. The molecule has 0 atom stereocenters. The van der Waals surface area contributed by atoms with E-state index in [1.807, 2.05) is 12.1 Å². The van der Waals surface area contributed by atoms with Gasteiger partial charge in [0.1, 0.15) is 0 Å². The predicted molar refractivity (Wildman–Crippen MR) is 98.2 cm³/mol. The Kier molecular flexibility index (Phi) is 5.15. The molecular formula is C18H21N3O2S. The summed E-state index contributed by atoms with van der Waals surface area (Å²) >= 11 is 5.49. The van der Waals surface area contributed by atoms with Crippen LogP contribution < -0.4 is 5.32 Å². The topological polar surface area (TPSA) is 48.7 Å². The third-order valence-corrected chi connectivity index (χ3v) is 4.56. The zero-order chi connectivity index (χ0) is 16.9. The van der Waals surface area contributed by atoms with Crippen LogP contribution in [0.25, 0.3) is 0 Å². The number of hydrogen-bond acceptors (Lipinski definition) is 3. The molecule has 6 heteroatoms. The molecule has 3 rings (SSSR count). The summed E-state index contributed by atoms with van der Waals surface area (Å²) in [6, 6.07) is 11.7. The van der Waals surface area contributed by atoms with E-state index in [2.05, 4.69) is 29.3 Å². The van der Waals surface area contributed by atoms with Gasteiger partial charge in [0, 0.05) is 31.9 Å². The highest BCUT2D eigenvalue weighted by atomic mass is 32.1. The molecule has 1 aliphatic rings. The minimum atomic E-state index is -0.0614. The number of anilines is 1. The molecule has 0 aliphatic carbocycles. The number of hydrogen-bond donors (Lipinski definition) is 1. The molecule has 24 heavy (non-hydrogen) atoms. The Balaban J connectivity index is 1.52. The summed E-state index contributed by atoms with van der Waals surface area (Å²) < 4.78 is 5.18. The molecule has 0 spiro atoms. The van der Waals surface area contributed by atoms with Crippen LogP contribution in [0.1, 0.15) is 23.0 Å². The normalized spacial score (nSPS) is 14.5. The van der Waals surface area contributed by atoms with Gasteiger partial charge in [-0.15, -0.1) is 0 Å². The lowest BCUT2D eigenvalue weighted by atomic mass is 10.1. The highest BCUT2D eigenvalue weighted by Gasteiger charge is 2.24. The van der Waals surface area contributed by atoms with Gasteiger partial charge < -0.3 is 19.5 Å². The van der Waals surface area contributed by atoms with Crippen LogP contribution >= 0.6 is 12.2 Å². The zero-order valence-corrected chi connectivity index (χ0v) is 14.5. The largest absolute Gasteiger partial charge is 0.459 e. The molecule has 126 valence electrons. The van der Waals surface area contributed by atoms with E-state index in [-0.39, 0.29) is 5.91 Å². The van der Waals surface area contributed by atoms with Gasteiger partial charge in [0.25, 0.3) is 5.91 Å².